The first-order valence-electron chi connectivity index (χ1n) is 7.22. The van der Waals surface area contributed by atoms with Crippen LogP contribution in [0.3, 0.4) is 0 Å². The van der Waals surface area contributed by atoms with Crippen molar-refractivity contribution in [3.63, 3.8) is 0 Å². The van der Waals surface area contributed by atoms with E-state index in [9.17, 15) is 5.11 Å². The molecule has 2 rings (SSSR count). The van der Waals surface area contributed by atoms with Crippen LogP contribution < -0.4 is 4.74 Å². The maximum Gasteiger partial charge on any atom is 0.119 e. The van der Waals surface area contributed by atoms with Crippen molar-refractivity contribution in [1.29, 1.82) is 0 Å². The van der Waals surface area contributed by atoms with Crippen molar-refractivity contribution in [2.75, 3.05) is 6.61 Å². The van der Waals surface area contributed by atoms with Crippen LogP contribution in [-0.4, -0.2) is 17.8 Å². The van der Waals surface area contributed by atoms with Crippen LogP contribution in [0, 0.1) is 5.92 Å². The summed E-state index contributed by atoms with van der Waals surface area (Å²) in [6.45, 7) is 0.613. The number of aliphatic hydroxyl groups is 1. The van der Waals surface area contributed by atoms with Gasteiger partial charge in [-0.05, 0) is 30.9 Å². The van der Waals surface area contributed by atoms with E-state index in [1.54, 1.807) is 0 Å². The lowest BCUT2D eigenvalue weighted by Gasteiger charge is -2.21. The number of ether oxygens (including phenoxy) is 1. The summed E-state index contributed by atoms with van der Waals surface area (Å²) in [6, 6.07) is 9.83. The van der Waals surface area contributed by atoms with Crippen molar-refractivity contribution < 1.29 is 9.84 Å². The number of para-hydroxylation sites is 1. The average molecular weight is 248 g/mol. The second-order valence-corrected chi connectivity index (χ2v) is 5.27. The minimum atomic E-state index is -0.188. The summed E-state index contributed by atoms with van der Waals surface area (Å²) in [5.41, 5.74) is 0. The molecule has 1 saturated carbocycles. The van der Waals surface area contributed by atoms with E-state index in [1.165, 1.54) is 38.5 Å². The molecule has 1 aliphatic rings. The van der Waals surface area contributed by atoms with E-state index in [4.69, 9.17) is 4.74 Å². The second kappa shape index (κ2) is 7.42. The van der Waals surface area contributed by atoms with Gasteiger partial charge in [0.05, 0.1) is 12.7 Å². The molecule has 1 aromatic rings. The van der Waals surface area contributed by atoms with Crippen LogP contribution in [0.2, 0.25) is 0 Å². The third-order valence-electron chi connectivity index (χ3n) is 3.87. The minimum absolute atomic E-state index is 0.188. The Kier molecular flexibility index (Phi) is 5.53. The van der Waals surface area contributed by atoms with Crippen LogP contribution in [0.5, 0.6) is 5.75 Å². The Morgan fingerprint density at radius 2 is 1.72 bits per heavy atom. The van der Waals surface area contributed by atoms with Gasteiger partial charge in [0.25, 0.3) is 0 Å². The fourth-order valence-corrected chi connectivity index (χ4v) is 2.75. The molecule has 0 radical (unpaired) electrons. The molecule has 0 amide bonds. The Bertz CT molecular complexity index is 315. The van der Waals surface area contributed by atoms with Crippen LogP contribution in [-0.2, 0) is 0 Å². The number of hydrogen-bond acceptors (Lipinski definition) is 2. The summed E-state index contributed by atoms with van der Waals surface area (Å²) in [5.74, 6) is 1.39. The Balaban J connectivity index is 1.69. The third kappa shape index (κ3) is 4.34. The average Bonchev–Trinajstić information content (AvgIpc) is 2.69. The van der Waals surface area contributed by atoms with Gasteiger partial charge in [0.1, 0.15) is 5.75 Å². The van der Waals surface area contributed by atoms with Gasteiger partial charge in [-0.1, -0.05) is 43.9 Å². The number of benzene rings is 1. The van der Waals surface area contributed by atoms with Crippen molar-refractivity contribution in [2.45, 2.75) is 51.0 Å². The molecule has 1 atom stereocenters. The van der Waals surface area contributed by atoms with Crippen LogP contribution in [0.25, 0.3) is 0 Å². The quantitative estimate of drug-likeness (QED) is 0.803. The Morgan fingerprint density at radius 3 is 2.39 bits per heavy atom. The number of hydrogen-bond donors (Lipinski definition) is 1. The lowest BCUT2D eigenvalue weighted by atomic mass is 9.92. The first-order valence-corrected chi connectivity index (χ1v) is 7.22. The highest BCUT2D eigenvalue weighted by Crippen LogP contribution is 2.26. The first kappa shape index (κ1) is 13.4. The Morgan fingerprint density at radius 1 is 1.06 bits per heavy atom. The van der Waals surface area contributed by atoms with Gasteiger partial charge < -0.3 is 9.84 Å². The molecular formula is C16H24O2. The van der Waals surface area contributed by atoms with Crippen molar-refractivity contribution in [3.8, 4) is 5.75 Å². The lowest BCUT2D eigenvalue weighted by Crippen LogP contribution is -2.22. The van der Waals surface area contributed by atoms with Gasteiger partial charge in [-0.2, -0.15) is 0 Å². The van der Waals surface area contributed by atoms with Gasteiger partial charge in [0, 0.05) is 6.42 Å². The topological polar surface area (TPSA) is 29.5 Å². The summed E-state index contributed by atoms with van der Waals surface area (Å²) in [4.78, 5) is 0. The summed E-state index contributed by atoms with van der Waals surface area (Å²) in [5, 5.41) is 10.2. The largest absolute Gasteiger partial charge is 0.493 e. The molecule has 0 aromatic heterocycles. The zero-order chi connectivity index (χ0) is 12.6. The Hall–Kier alpha value is -1.02. The molecule has 2 heteroatoms. The maximum atomic E-state index is 10.2. The number of rotatable bonds is 5. The predicted molar refractivity (Wildman–Crippen MR) is 73.8 cm³/mol. The maximum absolute atomic E-state index is 10.2. The molecule has 18 heavy (non-hydrogen) atoms. The lowest BCUT2D eigenvalue weighted by molar-refractivity contribution is 0.0751. The van der Waals surface area contributed by atoms with Gasteiger partial charge in [-0.3, -0.25) is 0 Å². The van der Waals surface area contributed by atoms with Gasteiger partial charge in [-0.25, -0.2) is 0 Å². The van der Waals surface area contributed by atoms with Gasteiger partial charge >= 0.3 is 0 Å². The van der Waals surface area contributed by atoms with E-state index < -0.39 is 0 Å². The molecule has 1 fully saturated rings. The summed E-state index contributed by atoms with van der Waals surface area (Å²) in [6.07, 6.45) is 8.17. The van der Waals surface area contributed by atoms with Gasteiger partial charge in [0.15, 0.2) is 0 Å². The summed E-state index contributed by atoms with van der Waals surface area (Å²) >= 11 is 0. The highest BCUT2D eigenvalue weighted by atomic mass is 16.5. The zero-order valence-electron chi connectivity index (χ0n) is 11.1. The molecule has 100 valence electrons. The molecule has 0 heterocycles. The summed E-state index contributed by atoms with van der Waals surface area (Å²) < 4.78 is 5.64. The molecule has 2 nitrogen and oxygen atoms in total. The standard InChI is InChI=1S/C16H24O2/c17-16(14-8-4-1-2-5-9-14)12-13-18-15-10-6-3-7-11-15/h3,6-7,10-11,14,16-17H,1-2,4-5,8-9,12-13H2. The van der Waals surface area contributed by atoms with Gasteiger partial charge in [0.2, 0.25) is 0 Å². The SMILES string of the molecule is OC(CCOc1ccccc1)C1CCCCCC1. The second-order valence-electron chi connectivity index (χ2n) is 5.27. The fourth-order valence-electron chi connectivity index (χ4n) is 2.75. The molecule has 1 N–H and O–H groups in total. The highest BCUT2D eigenvalue weighted by Gasteiger charge is 2.20. The molecule has 0 aliphatic heterocycles. The van der Waals surface area contributed by atoms with Crippen LogP contribution in [0.15, 0.2) is 30.3 Å². The van der Waals surface area contributed by atoms with Crippen LogP contribution in [0.4, 0.5) is 0 Å². The van der Waals surface area contributed by atoms with E-state index in [1.807, 2.05) is 30.3 Å². The predicted octanol–water partition coefficient (Wildman–Crippen LogP) is 3.79. The molecule has 0 saturated heterocycles. The molecular weight excluding hydrogens is 224 g/mol. The van der Waals surface area contributed by atoms with Crippen LogP contribution >= 0.6 is 0 Å². The van der Waals surface area contributed by atoms with E-state index in [0.717, 1.165) is 12.2 Å². The molecule has 1 unspecified atom stereocenters. The van der Waals surface area contributed by atoms with Crippen molar-refractivity contribution in [2.24, 2.45) is 5.92 Å². The van der Waals surface area contributed by atoms with E-state index in [0.29, 0.717) is 12.5 Å². The van der Waals surface area contributed by atoms with Gasteiger partial charge in [-0.15, -0.1) is 0 Å². The van der Waals surface area contributed by atoms with Crippen LogP contribution in [0.1, 0.15) is 44.9 Å². The molecule has 1 aliphatic carbocycles. The Labute approximate surface area is 110 Å². The molecule has 0 spiro atoms. The zero-order valence-corrected chi connectivity index (χ0v) is 11.1. The van der Waals surface area contributed by atoms with Crippen molar-refractivity contribution >= 4 is 0 Å². The van der Waals surface area contributed by atoms with E-state index >= 15 is 0 Å². The molecule has 0 bridgehead atoms. The first-order chi connectivity index (χ1) is 8.86. The normalized spacial score (nSPS) is 19.2. The highest BCUT2D eigenvalue weighted by molar-refractivity contribution is 5.20. The fraction of sp³-hybridized carbons (Fsp3) is 0.625. The monoisotopic (exact) mass is 248 g/mol. The van der Waals surface area contributed by atoms with E-state index in [-0.39, 0.29) is 6.10 Å². The van der Waals surface area contributed by atoms with Crippen molar-refractivity contribution in [1.82, 2.24) is 0 Å². The number of aliphatic hydroxyl groups excluding tert-OH is 1. The molecule has 1 aromatic carbocycles. The smallest absolute Gasteiger partial charge is 0.119 e. The minimum Gasteiger partial charge on any atom is -0.493 e. The van der Waals surface area contributed by atoms with Crippen molar-refractivity contribution in [3.05, 3.63) is 30.3 Å². The summed E-state index contributed by atoms with van der Waals surface area (Å²) in [7, 11) is 0. The van der Waals surface area contributed by atoms with E-state index in [2.05, 4.69) is 0 Å². The third-order valence-corrected chi connectivity index (χ3v) is 3.87.